The summed E-state index contributed by atoms with van der Waals surface area (Å²) in [5.74, 6) is -0.580. The van der Waals surface area contributed by atoms with E-state index in [9.17, 15) is 9.59 Å². The van der Waals surface area contributed by atoms with Gasteiger partial charge in [0.05, 0.1) is 0 Å². The van der Waals surface area contributed by atoms with Crippen molar-refractivity contribution < 1.29 is 14.3 Å². The smallest absolute Gasteiger partial charge is 0.320 e. The van der Waals surface area contributed by atoms with Gasteiger partial charge in [-0.15, -0.1) is 0 Å². The van der Waals surface area contributed by atoms with Gasteiger partial charge in [0.25, 0.3) is 0 Å². The predicted octanol–water partition coefficient (Wildman–Crippen LogP) is 0.887. The lowest BCUT2D eigenvalue weighted by Gasteiger charge is -2.22. The topological polar surface area (TPSA) is 93.8 Å². The predicted molar refractivity (Wildman–Crippen MR) is 75.5 cm³/mol. The normalized spacial score (nSPS) is 27.0. The van der Waals surface area contributed by atoms with Gasteiger partial charge in [-0.2, -0.15) is 5.10 Å². The van der Waals surface area contributed by atoms with E-state index in [-0.39, 0.29) is 29.8 Å². The molecular weight excluding hydrogens is 266 g/mol. The number of hydrazone groups is 1. The monoisotopic (exact) mass is 285 g/mol. The summed E-state index contributed by atoms with van der Waals surface area (Å²) in [7, 11) is 0. The number of Topliss-reactive ketones (excluding diaryl/α,β-unsaturated/α-hetero) is 1. The van der Waals surface area contributed by atoms with Gasteiger partial charge in [-0.1, -0.05) is 6.92 Å². The molecule has 0 aromatic carbocycles. The maximum absolute atomic E-state index is 12.1. The Morgan fingerprint density at radius 3 is 2.74 bits per heavy atom. The molecule has 3 N–H and O–H groups in total. The summed E-state index contributed by atoms with van der Waals surface area (Å²) in [6.45, 7) is 5.23. The standard InChI is InChI=1S/C12H19N3O3S/c1-4-9(16)12(6-8(3)18-10(12)17)5-7(2)14-15-11(13)19/h8H,4-6H2,1-3H3,(H3,13,15,19). The molecule has 0 aliphatic carbocycles. The van der Waals surface area contributed by atoms with Crippen molar-refractivity contribution in [1.82, 2.24) is 5.43 Å². The van der Waals surface area contributed by atoms with Gasteiger partial charge in [0.15, 0.2) is 5.11 Å². The average molecular weight is 285 g/mol. The van der Waals surface area contributed by atoms with Crippen molar-refractivity contribution in [3.05, 3.63) is 0 Å². The van der Waals surface area contributed by atoms with Crippen molar-refractivity contribution in [3.63, 3.8) is 0 Å². The van der Waals surface area contributed by atoms with E-state index in [1.54, 1.807) is 20.8 Å². The van der Waals surface area contributed by atoms with Crippen molar-refractivity contribution in [2.45, 2.75) is 46.1 Å². The average Bonchev–Trinajstić information content (AvgIpc) is 2.61. The molecule has 2 unspecified atom stereocenters. The van der Waals surface area contributed by atoms with Crippen molar-refractivity contribution in [1.29, 1.82) is 0 Å². The van der Waals surface area contributed by atoms with Gasteiger partial charge < -0.3 is 10.5 Å². The number of nitrogens with zero attached hydrogens (tertiary/aromatic N) is 1. The third-order valence-electron chi connectivity index (χ3n) is 3.10. The van der Waals surface area contributed by atoms with Crippen molar-refractivity contribution in [2.75, 3.05) is 0 Å². The van der Waals surface area contributed by atoms with Crippen molar-refractivity contribution in [3.8, 4) is 0 Å². The third-order valence-corrected chi connectivity index (χ3v) is 3.20. The molecule has 0 amide bonds. The summed E-state index contributed by atoms with van der Waals surface area (Å²) in [6.07, 6.45) is 0.647. The molecule has 6 nitrogen and oxygen atoms in total. The highest BCUT2D eigenvalue weighted by atomic mass is 32.1. The van der Waals surface area contributed by atoms with E-state index in [1.165, 1.54) is 0 Å². The summed E-state index contributed by atoms with van der Waals surface area (Å²) in [5.41, 5.74) is 7.20. The lowest BCUT2D eigenvalue weighted by atomic mass is 9.75. The van der Waals surface area contributed by atoms with Crippen molar-refractivity contribution in [2.24, 2.45) is 16.3 Å². The van der Waals surface area contributed by atoms with Crippen LogP contribution in [0.4, 0.5) is 0 Å². The van der Waals surface area contributed by atoms with E-state index in [2.05, 4.69) is 22.7 Å². The molecule has 0 saturated carbocycles. The molecular formula is C12H19N3O3S. The lowest BCUT2D eigenvalue weighted by Crippen LogP contribution is -2.38. The van der Waals surface area contributed by atoms with Gasteiger partial charge in [-0.3, -0.25) is 15.0 Å². The second-order valence-electron chi connectivity index (χ2n) is 4.78. The van der Waals surface area contributed by atoms with E-state index in [4.69, 9.17) is 10.5 Å². The Morgan fingerprint density at radius 1 is 1.68 bits per heavy atom. The van der Waals surface area contributed by atoms with Crippen LogP contribution in [-0.2, 0) is 14.3 Å². The fourth-order valence-electron chi connectivity index (χ4n) is 2.35. The molecule has 7 heteroatoms. The van der Waals surface area contributed by atoms with E-state index >= 15 is 0 Å². The Kier molecular flexibility index (Phi) is 4.99. The first kappa shape index (κ1) is 15.6. The van der Waals surface area contributed by atoms with Crippen LogP contribution in [0.2, 0.25) is 0 Å². The Labute approximate surface area is 117 Å². The van der Waals surface area contributed by atoms with Crippen LogP contribution >= 0.6 is 12.2 Å². The zero-order valence-corrected chi connectivity index (χ0v) is 12.2. The largest absolute Gasteiger partial charge is 0.462 e. The number of ether oxygens (including phenoxy) is 1. The number of hydrogen-bond donors (Lipinski definition) is 2. The first-order valence-corrected chi connectivity index (χ1v) is 6.55. The van der Waals surface area contributed by atoms with E-state index in [1.807, 2.05) is 0 Å². The molecule has 1 aliphatic heterocycles. The summed E-state index contributed by atoms with van der Waals surface area (Å²) >= 11 is 4.64. The quantitative estimate of drug-likeness (QED) is 0.256. The lowest BCUT2D eigenvalue weighted by molar-refractivity contribution is -0.152. The van der Waals surface area contributed by atoms with E-state index in [0.29, 0.717) is 12.1 Å². The van der Waals surface area contributed by atoms with Gasteiger partial charge in [0, 0.05) is 25.0 Å². The van der Waals surface area contributed by atoms with Crippen LogP contribution < -0.4 is 11.2 Å². The fraction of sp³-hybridized carbons (Fsp3) is 0.667. The first-order valence-electron chi connectivity index (χ1n) is 6.15. The number of carbonyl (C=O) groups is 2. The SMILES string of the molecule is CCC(=O)C1(CC(C)=NNC(N)=S)CC(C)OC1=O. The van der Waals surface area contributed by atoms with E-state index < -0.39 is 11.4 Å². The van der Waals surface area contributed by atoms with Crippen LogP contribution in [0.1, 0.15) is 40.0 Å². The zero-order chi connectivity index (χ0) is 14.6. The Bertz CT molecular complexity index is 426. The maximum atomic E-state index is 12.1. The van der Waals surface area contributed by atoms with Crippen LogP contribution in [0.25, 0.3) is 0 Å². The number of rotatable bonds is 5. The Morgan fingerprint density at radius 2 is 2.32 bits per heavy atom. The van der Waals surface area contributed by atoms with Gasteiger partial charge in [-0.05, 0) is 26.1 Å². The van der Waals surface area contributed by atoms with Crippen LogP contribution in [0.15, 0.2) is 5.10 Å². The molecule has 1 aliphatic rings. The van der Waals surface area contributed by atoms with Crippen molar-refractivity contribution >= 4 is 34.8 Å². The minimum absolute atomic E-state index is 0.0394. The summed E-state index contributed by atoms with van der Waals surface area (Å²) < 4.78 is 5.14. The second-order valence-corrected chi connectivity index (χ2v) is 5.22. The number of hydrogen-bond acceptors (Lipinski definition) is 5. The number of nitrogens with one attached hydrogen (secondary N) is 1. The molecule has 0 spiro atoms. The number of cyclic esters (lactones) is 1. The summed E-state index contributed by atoms with van der Waals surface area (Å²) in [6, 6.07) is 0. The first-order chi connectivity index (χ1) is 8.81. The zero-order valence-electron chi connectivity index (χ0n) is 11.4. The Balaban J connectivity index is 2.94. The van der Waals surface area contributed by atoms with Crippen LogP contribution in [-0.4, -0.2) is 28.7 Å². The molecule has 1 rings (SSSR count). The number of esters is 1. The van der Waals surface area contributed by atoms with Gasteiger partial charge in [0.2, 0.25) is 0 Å². The highest BCUT2D eigenvalue weighted by molar-refractivity contribution is 7.80. The van der Waals surface area contributed by atoms with Gasteiger partial charge in [0.1, 0.15) is 17.3 Å². The number of ketones is 1. The Hall–Kier alpha value is -1.50. The molecule has 19 heavy (non-hydrogen) atoms. The van der Waals surface area contributed by atoms with E-state index in [0.717, 1.165) is 0 Å². The molecule has 2 atom stereocenters. The van der Waals surface area contributed by atoms with Gasteiger partial charge >= 0.3 is 5.97 Å². The highest BCUT2D eigenvalue weighted by Crippen LogP contribution is 2.39. The molecule has 0 aromatic rings. The molecule has 1 saturated heterocycles. The maximum Gasteiger partial charge on any atom is 0.320 e. The number of thiocarbonyl (C=S) groups is 1. The van der Waals surface area contributed by atoms with Crippen LogP contribution in [0.5, 0.6) is 0 Å². The third kappa shape index (κ3) is 3.50. The highest BCUT2D eigenvalue weighted by Gasteiger charge is 2.52. The number of carbonyl (C=O) groups excluding carboxylic acids is 2. The molecule has 0 radical (unpaired) electrons. The molecule has 0 bridgehead atoms. The minimum atomic E-state index is -1.11. The summed E-state index contributed by atoms with van der Waals surface area (Å²) in [5, 5.41) is 3.99. The fourth-order valence-corrected chi connectivity index (χ4v) is 2.39. The van der Waals surface area contributed by atoms with Gasteiger partial charge in [-0.25, -0.2) is 0 Å². The minimum Gasteiger partial charge on any atom is -0.462 e. The molecule has 0 aromatic heterocycles. The second kappa shape index (κ2) is 6.10. The number of nitrogens with two attached hydrogens (primary N) is 1. The van der Waals surface area contributed by atoms with Crippen LogP contribution in [0, 0.1) is 5.41 Å². The van der Waals surface area contributed by atoms with Crippen LogP contribution in [0.3, 0.4) is 0 Å². The molecule has 1 heterocycles. The summed E-state index contributed by atoms with van der Waals surface area (Å²) in [4.78, 5) is 24.2. The molecule has 106 valence electrons. The molecule has 1 fully saturated rings.